The SMILES string of the molecule is C=C(C)C(=O)OCCOc1ccc(Sc2ccc(OCCOC(=O)C(=C)C)c(Cl)c2)cc1Cl. The largest absolute Gasteiger partial charge is 0.488 e. The van der Waals surface area contributed by atoms with E-state index in [4.69, 9.17) is 42.1 Å². The molecular formula is C24H24Cl2O6S. The third-order valence-electron chi connectivity index (χ3n) is 3.89. The molecule has 0 aliphatic rings. The van der Waals surface area contributed by atoms with Gasteiger partial charge in [-0.15, -0.1) is 0 Å². The number of rotatable bonds is 12. The molecule has 0 atom stereocenters. The van der Waals surface area contributed by atoms with Gasteiger partial charge in [-0.3, -0.25) is 0 Å². The fourth-order valence-corrected chi connectivity index (χ4v) is 3.78. The van der Waals surface area contributed by atoms with Gasteiger partial charge in [-0.25, -0.2) is 9.59 Å². The molecule has 0 aromatic heterocycles. The molecule has 0 bridgehead atoms. The highest BCUT2D eigenvalue weighted by molar-refractivity contribution is 7.99. The molecule has 0 heterocycles. The second-order valence-corrected chi connectivity index (χ2v) is 8.78. The smallest absolute Gasteiger partial charge is 0.333 e. The summed E-state index contributed by atoms with van der Waals surface area (Å²) in [5.41, 5.74) is 0.663. The van der Waals surface area contributed by atoms with E-state index in [1.807, 2.05) is 12.1 Å². The molecule has 6 nitrogen and oxygen atoms in total. The third kappa shape index (κ3) is 9.04. The van der Waals surface area contributed by atoms with E-state index in [0.29, 0.717) is 32.7 Å². The summed E-state index contributed by atoms with van der Waals surface area (Å²) in [5.74, 6) is 0.0542. The standard InChI is InChI=1S/C24H24Cl2O6S/c1-15(2)23(27)31-11-9-29-21-7-5-17(13-19(21)25)33-18-6-8-22(20(26)14-18)30-10-12-32-24(28)16(3)4/h5-8,13-14H,1,3,9-12H2,2,4H3. The molecule has 2 aromatic carbocycles. The molecule has 0 saturated heterocycles. The molecule has 176 valence electrons. The van der Waals surface area contributed by atoms with Crippen LogP contribution in [0.25, 0.3) is 0 Å². The van der Waals surface area contributed by atoms with Crippen LogP contribution in [0.1, 0.15) is 13.8 Å². The zero-order valence-electron chi connectivity index (χ0n) is 18.3. The highest BCUT2D eigenvalue weighted by Crippen LogP contribution is 2.36. The van der Waals surface area contributed by atoms with Crippen LogP contribution in [0.4, 0.5) is 0 Å². The average molecular weight is 511 g/mol. The maximum Gasteiger partial charge on any atom is 0.333 e. The Bertz CT molecular complexity index is 956. The molecule has 0 radical (unpaired) electrons. The monoisotopic (exact) mass is 510 g/mol. The van der Waals surface area contributed by atoms with E-state index < -0.39 is 11.9 Å². The van der Waals surface area contributed by atoms with E-state index in [1.165, 1.54) is 11.8 Å². The van der Waals surface area contributed by atoms with Crippen molar-refractivity contribution in [1.29, 1.82) is 0 Å². The minimum absolute atomic E-state index is 0.0990. The van der Waals surface area contributed by atoms with E-state index >= 15 is 0 Å². The van der Waals surface area contributed by atoms with Gasteiger partial charge in [0.05, 0.1) is 10.0 Å². The zero-order valence-corrected chi connectivity index (χ0v) is 20.6. The van der Waals surface area contributed by atoms with Crippen molar-refractivity contribution < 1.29 is 28.5 Å². The molecule has 33 heavy (non-hydrogen) atoms. The molecule has 0 unspecified atom stereocenters. The van der Waals surface area contributed by atoms with Gasteiger partial charge in [0.15, 0.2) is 0 Å². The summed E-state index contributed by atoms with van der Waals surface area (Å²) < 4.78 is 21.1. The Kier molecular flexibility index (Phi) is 10.6. The predicted octanol–water partition coefficient (Wildman–Crippen LogP) is 6.14. The number of ether oxygens (including phenoxy) is 4. The summed E-state index contributed by atoms with van der Waals surface area (Å²) in [4.78, 5) is 24.5. The number of carbonyl (C=O) groups is 2. The minimum atomic E-state index is -0.460. The lowest BCUT2D eigenvalue weighted by atomic mass is 10.3. The van der Waals surface area contributed by atoms with Crippen LogP contribution in [-0.2, 0) is 19.1 Å². The number of hydrogen-bond acceptors (Lipinski definition) is 7. The zero-order chi connectivity index (χ0) is 24.4. The molecule has 0 aliphatic carbocycles. The van der Waals surface area contributed by atoms with Crippen LogP contribution in [0, 0.1) is 0 Å². The summed E-state index contributed by atoms with van der Waals surface area (Å²) in [6.45, 7) is 10.7. The van der Waals surface area contributed by atoms with Gasteiger partial charge in [-0.2, -0.15) is 0 Å². The quantitative estimate of drug-likeness (QED) is 0.193. The van der Waals surface area contributed by atoms with Crippen LogP contribution in [-0.4, -0.2) is 38.4 Å². The number of halogens is 2. The Hall–Kier alpha value is -2.61. The first-order chi connectivity index (χ1) is 15.7. The minimum Gasteiger partial charge on any atom is -0.488 e. The normalized spacial score (nSPS) is 10.3. The summed E-state index contributed by atoms with van der Waals surface area (Å²) >= 11 is 14.1. The maximum absolute atomic E-state index is 11.4. The Balaban J connectivity index is 1.86. The van der Waals surface area contributed by atoms with Gasteiger partial charge in [0, 0.05) is 20.9 Å². The highest BCUT2D eigenvalue weighted by atomic mass is 35.5. The third-order valence-corrected chi connectivity index (χ3v) is 5.46. The van der Waals surface area contributed by atoms with E-state index in [-0.39, 0.29) is 26.4 Å². The fourth-order valence-electron chi connectivity index (χ4n) is 2.28. The van der Waals surface area contributed by atoms with Crippen LogP contribution >= 0.6 is 35.0 Å². The van der Waals surface area contributed by atoms with E-state index in [2.05, 4.69) is 13.2 Å². The number of benzene rings is 2. The number of carbonyl (C=O) groups excluding carboxylic acids is 2. The summed E-state index contributed by atoms with van der Waals surface area (Å²) in [7, 11) is 0. The molecule has 0 aliphatic heterocycles. The van der Waals surface area contributed by atoms with Gasteiger partial charge in [0.1, 0.15) is 37.9 Å². The number of hydrogen-bond donors (Lipinski definition) is 0. The Morgan fingerprint density at radius 1 is 0.758 bits per heavy atom. The van der Waals surface area contributed by atoms with Gasteiger partial charge >= 0.3 is 11.9 Å². The van der Waals surface area contributed by atoms with Crippen molar-refractivity contribution in [3.8, 4) is 11.5 Å². The molecule has 0 N–H and O–H groups in total. The first-order valence-corrected chi connectivity index (χ1v) is 11.4. The second-order valence-electron chi connectivity index (χ2n) is 6.82. The molecule has 2 rings (SSSR count). The van der Waals surface area contributed by atoms with Crippen LogP contribution in [0.3, 0.4) is 0 Å². The Morgan fingerprint density at radius 3 is 1.48 bits per heavy atom. The lowest BCUT2D eigenvalue weighted by molar-refractivity contribution is -0.140. The Labute approximate surface area is 207 Å². The highest BCUT2D eigenvalue weighted by Gasteiger charge is 2.09. The van der Waals surface area contributed by atoms with Crippen molar-refractivity contribution in [3.63, 3.8) is 0 Å². The van der Waals surface area contributed by atoms with Gasteiger partial charge in [-0.1, -0.05) is 48.1 Å². The maximum atomic E-state index is 11.4. The van der Waals surface area contributed by atoms with Crippen molar-refractivity contribution in [2.45, 2.75) is 23.6 Å². The molecule has 0 spiro atoms. The van der Waals surface area contributed by atoms with Crippen LogP contribution in [0.5, 0.6) is 11.5 Å². The first-order valence-electron chi connectivity index (χ1n) is 9.85. The summed E-state index contributed by atoms with van der Waals surface area (Å²) in [6.07, 6.45) is 0. The molecule has 9 heteroatoms. The van der Waals surface area contributed by atoms with Gasteiger partial charge in [0.2, 0.25) is 0 Å². The van der Waals surface area contributed by atoms with E-state index in [1.54, 1.807) is 38.1 Å². The van der Waals surface area contributed by atoms with E-state index in [0.717, 1.165) is 9.79 Å². The Morgan fingerprint density at radius 2 is 1.15 bits per heavy atom. The van der Waals surface area contributed by atoms with Crippen molar-refractivity contribution >= 4 is 46.9 Å². The van der Waals surface area contributed by atoms with Crippen molar-refractivity contribution in [2.24, 2.45) is 0 Å². The van der Waals surface area contributed by atoms with Crippen LogP contribution < -0.4 is 9.47 Å². The second kappa shape index (κ2) is 13.2. The molecular weight excluding hydrogens is 487 g/mol. The van der Waals surface area contributed by atoms with Crippen molar-refractivity contribution in [2.75, 3.05) is 26.4 Å². The molecule has 0 fully saturated rings. The summed E-state index contributed by atoms with van der Waals surface area (Å²) in [6, 6.07) is 10.8. The van der Waals surface area contributed by atoms with Gasteiger partial charge < -0.3 is 18.9 Å². The number of esters is 2. The van der Waals surface area contributed by atoms with Crippen molar-refractivity contribution in [3.05, 3.63) is 70.7 Å². The predicted molar refractivity (Wildman–Crippen MR) is 130 cm³/mol. The molecule has 2 aromatic rings. The van der Waals surface area contributed by atoms with Crippen LogP contribution in [0.15, 0.2) is 70.5 Å². The topological polar surface area (TPSA) is 71.1 Å². The molecule has 0 saturated carbocycles. The van der Waals surface area contributed by atoms with Gasteiger partial charge in [0.25, 0.3) is 0 Å². The average Bonchev–Trinajstić information content (AvgIpc) is 2.76. The van der Waals surface area contributed by atoms with Gasteiger partial charge in [-0.05, 0) is 50.2 Å². The molecule has 0 amide bonds. The lowest BCUT2D eigenvalue weighted by Crippen LogP contribution is -2.12. The van der Waals surface area contributed by atoms with Crippen LogP contribution in [0.2, 0.25) is 10.0 Å². The first kappa shape index (κ1) is 26.6. The van der Waals surface area contributed by atoms with E-state index in [9.17, 15) is 9.59 Å². The fraction of sp³-hybridized carbons (Fsp3) is 0.250. The lowest BCUT2D eigenvalue weighted by Gasteiger charge is -2.11. The van der Waals surface area contributed by atoms with Crippen molar-refractivity contribution in [1.82, 2.24) is 0 Å². The summed E-state index contributed by atoms with van der Waals surface area (Å²) in [5, 5.41) is 0.864.